The summed E-state index contributed by atoms with van der Waals surface area (Å²) in [4.78, 5) is 26.0. The highest BCUT2D eigenvalue weighted by atomic mass is 35.5. The number of nitrogens with zero attached hydrogens (tertiary/aromatic N) is 1. The summed E-state index contributed by atoms with van der Waals surface area (Å²) in [5.74, 6) is -0.285. The zero-order chi connectivity index (χ0) is 18.1. The minimum absolute atomic E-state index is 0.0369. The molecule has 7 heteroatoms. The van der Waals surface area contributed by atoms with Crippen molar-refractivity contribution in [3.8, 4) is 0 Å². The molecule has 0 N–H and O–H groups in total. The lowest BCUT2D eigenvalue weighted by atomic mass is 10.1. The van der Waals surface area contributed by atoms with Gasteiger partial charge >= 0.3 is 0 Å². The Balaban J connectivity index is 1.95. The molecule has 1 amide bonds. The molecular formula is C18H11Cl2NO2S2. The summed E-state index contributed by atoms with van der Waals surface area (Å²) in [7, 11) is 0. The largest absolute Gasteiger partial charge is 0.295 e. The number of thiocarbonyl (C=S) groups is 1. The topological polar surface area (TPSA) is 37.4 Å². The van der Waals surface area contributed by atoms with Crippen molar-refractivity contribution in [2.45, 2.75) is 6.92 Å². The summed E-state index contributed by atoms with van der Waals surface area (Å²) < 4.78 is 0.412. The first-order chi connectivity index (χ1) is 11.9. The fraction of sp³-hybridized carbons (Fsp3) is 0.0556. The minimum atomic E-state index is -0.249. The molecular weight excluding hydrogens is 397 g/mol. The van der Waals surface area contributed by atoms with Gasteiger partial charge in [-0.3, -0.25) is 14.5 Å². The molecule has 0 unspecified atom stereocenters. The number of amides is 1. The molecule has 0 saturated carbocycles. The van der Waals surface area contributed by atoms with Crippen molar-refractivity contribution in [1.82, 2.24) is 0 Å². The Morgan fingerprint density at radius 1 is 1.12 bits per heavy atom. The van der Waals surface area contributed by atoms with Crippen LogP contribution >= 0.6 is 47.2 Å². The number of hydrogen-bond donors (Lipinski definition) is 0. The quantitative estimate of drug-likeness (QED) is 0.376. The maximum Gasteiger partial charge on any atom is 0.270 e. The highest BCUT2D eigenvalue weighted by Gasteiger charge is 2.33. The average Bonchev–Trinajstić information content (AvgIpc) is 2.85. The number of rotatable bonds is 3. The highest BCUT2D eigenvalue weighted by Crippen LogP contribution is 2.38. The van der Waals surface area contributed by atoms with E-state index in [1.54, 1.807) is 48.5 Å². The molecule has 0 atom stereocenters. The van der Waals surface area contributed by atoms with E-state index < -0.39 is 0 Å². The Labute approximate surface area is 164 Å². The summed E-state index contributed by atoms with van der Waals surface area (Å²) >= 11 is 18.9. The van der Waals surface area contributed by atoms with Gasteiger partial charge in [0.05, 0.1) is 10.6 Å². The standard InChI is InChI=1S/C18H11Cl2NO2S2/c1-10(22)11-5-7-12(8-6-11)21-17(23)16(25-18(21)24)9-13-14(19)3-2-4-15(13)20/h2-9H,1H3/b16-9-. The molecule has 1 aliphatic rings. The second-order valence-electron chi connectivity index (χ2n) is 5.26. The van der Waals surface area contributed by atoms with Crippen LogP contribution in [-0.4, -0.2) is 16.0 Å². The van der Waals surface area contributed by atoms with Gasteiger partial charge in [0.1, 0.15) is 0 Å². The average molecular weight is 408 g/mol. The van der Waals surface area contributed by atoms with Crippen LogP contribution in [0.4, 0.5) is 5.69 Å². The number of hydrogen-bond acceptors (Lipinski definition) is 4. The lowest BCUT2D eigenvalue weighted by Gasteiger charge is -2.14. The molecule has 3 rings (SSSR count). The first-order valence-electron chi connectivity index (χ1n) is 7.21. The number of anilines is 1. The third kappa shape index (κ3) is 3.65. The van der Waals surface area contributed by atoms with Gasteiger partial charge in [-0.15, -0.1) is 0 Å². The van der Waals surface area contributed by atoms with Crippen LogP contribution < -0.4 is 4.90 Å². The van der Waals surface area contributed by atoms with Crippen LogP contribution in [0.5, 0.6) is 0 Å². The maximum atomic E-state index is 12.8. The predicted molar refractivity (Wildman–Crippen MR) is 109 cm³/mol. The van der Waals surface area contributed by atoms with Crippen molar-refractivity contribution >= 4 is 75.0 Å². The zero-order valence-electron chi connectivity index (χ0n) is 13.0. The fourth-order valence-electron chi connectivity index (χ4n) is 2.32. The molecule has 1 fully saturated rings. The van der Waals surface area contributed by atoms with Crippen molar-refractivity contribution in [2.75, 3.05) is 4.90 Å². The predicted octanol–water partition coefficient (Wildman–Crippen LogP) is 5.60. The Morgan fingerprint density at radius 2 is 1.72 bits per heavy atom. The molecule has 0 radical (unpaired) electrons. The molecule has 1 saturated heterocycles. The molecule has 126 valence electrons. The number of carbonyl (C=O) groups is 2. The molecule has 0 spiro atoms. The fourth-order valence-corrected chi connectivity index (χ4v) is 4.10. The van der Waals surface area contributed by atoms with E-state index in [9.17, 15) is 9.59 Å². The number of benzene rings is 2. The molecule has 1 aliphatic heterocycles. The number of thioether (sulfide) groups is 1. The van der Waals surface area contributed by atoms with Crippen LogP contribution in [0.3, 0.4) is 0 Å². The van der Waals surface area contributed by atoms with Crippen molar-refractivity contribution in [2.24, 2.45) is 0 Å². The lowest BCUT2D eigenvalue weighted by Crippen LogP contribution is -2.27. The number of halogens is 2. The van der Waals surface area contributed by atoms with E-state index in [4.69, 9.17) is 35.4 Å². The van der Waals surface area contributed by atoms with Crippen LogP contribution in [0.25, 0.3) is 6.08 Å². The molecule has 0 aliphatic carbocycles. The van der Waals surface area contributed by atoms with Crippen molar-refractivity contribution < 1.29 is 9.59 Å². The van der Waals surface area contributed by atoms with Crippen LogP contribution in [0.15, 0.2) is 47.4 Å². The molecule has 0 bridgehead atoms. The van der Waals surface area contributed by atoms with E-state index in [0.717, 1.165) is 0 Å². The Hall–Kier alpha value is -1.66. The monoisotopic (exact) mass is 407 g/mol. The zero-order valence-corrected chi connectivity index (χ0v) is 16.1. The number of ketones is 1. The summed E-state index contributed by atoms with van der Waals surface area (Å²) in [6, 6.07) is 11.9. The van der Waals surface area contributed by atoms with Crippen molar-refractivity contribution in [1.29, 1.82) is 0 Å². The Bertz CT molecular complexity index is 903. The number of carbonyl (C=O) groups excluding carboxylic acids is 2. The summed E-state index contributed by atoms with van der Waals surface area (Å²) in [5, 5.41) is 0.923. The van der Waals surface area contributed by atoms with Gasteiger partial charge in [-0.2, -0.15) is 0 Å². The first kappa shape index (κ1) is 18.1. The van der Waals surface area contributed by atoms with E-state index in [1.165, 1.54) is 23.6 Å². The van der Waals surface area contributed by atoms with E-state index in [2.05, 4.69) is 0 Å². The van der Waals surface area contributed by atoms with Gasteiger partial charge in [0.15, 0.2) is 10.1 Å². The maximum absolute atomic E-state index is 12.8. The SMILES string of the molecule is CC(=O)c1ccc(N2C(=O)/C(=C/c3c(Cl)cccc3Cl)SC2=S)cc1. The van der Waals surface area contributed by atoms with Gasteiger partial charge in [0.2, 0.25) is 0 Å². The minimum Gasteiger partial charge on any atom is -0.295 e. The summed E-state index contributed by atoms with van der Waals surface area (Å²) in [6.07, 6.45) is 1.65. The van der Waals surface area contributed by atoms with E-state index in [1.807, 2.05) is 0 Å². The molecule has 0 aromatic heterocycles. The van der Waals surface area contributed by atoms with E-state index >= 15 is 0 Å². The van der Waals surface area contributed by atoms with E-state index in [0.29, 0.717) is 36.1 Å². The third-order valence-corrected chi connectivity index (χ3v) is 5.56. The second kappa shape index (κ2) is 7.30. The second-order valence-corrected chi connectivity index (χ2v) is 7.75. The summed E-state index contributed by atoms with van der Waals surface area (Å²) in [6.45, 7) is 1.49. The molecule has 25 heavy (non-hydrogen) atoms. The Kier molecular flexibility index (Phi) is 5.29. The van der Waals surface area contributed by atoms with Crippen LogP contribution in [0.2, 0.25) is 10.0 Å². The van der Waals surface area contributed by atoms with Gasteiger partial charge in [0, 0.05) is 21.2 Å². The van der Waals surface area contributed by atoms with Crippen LogP contribution in [-0.2, 0) is 4.79 Å². The van der Waals surface area contributed by atoms with Gasteiger partial charge in [-0.05, 0) is 49.4 Å². The molecule has 2 aromatic rings. The van der Waals surface area contributed by atoms with Gasteiger partial charge in [-0.25, -0.2) is 0 Å². The van der Waals surface area contributed by atoms with Gasteiger partial charge < -0.3 is 0 Å². The van der Waals surface area contributed by atoms with Gasteiger partial charge in [-0.1, -0.05) is 53.2 Å². The van der Waals surface area contributed by atoms with E-state index in [-0.39, 0.29) is 11.7 Å². The summed E-state index contributed by atoms with van der Waals surface area (Å²) in [5.41, 5.74) is 1.77. The van der Waals surface area contributed by atoms with Crippen LogP contribution in [0, 0.1) is 0 Å². The first-order valence-corrected chi connectivity index (χ1v) is 9.19. The highest BCUT2D eigenvalue weighted by molar-refractivity contribution is 8.27. The Morgan fingerprint density at radius 3 is 2.28 bits per heavy atom. The van der Waals surface area contributed by atoms with Crippen molar-refractivity contribution in [3.63, 3.8) is 0 Å². The normalized spacial score (nSPS) is 16.0. The van der Waals surface area contributed by atoms with Crippen LogP contribution in [0.1, 0.15) is 22.8 Å². The number of Topliss-reactive ketones (excluding diaryl/α,β-unsaturated/α-hetero) is 1. The molecule has 2 aromatic carbocycles. The van der Waals surface area contributed by atoms with Gasteiger partial charge in [0.25, 0.3) is 5.91 Å². The third-order valence-electron chi connectivity index (χ3n) is 3.60. The molecule has 1 heterocycles. The van der Waals surface area contributed by atoms with Crippen molar-refractivity contribution in [3.05, 3.63) is 68.5 Å². The smallest absolute Gasteiger partial charge is 0.270 e. The lowest BCUT2D eigenvalue weighted by molar-refractivity contribution is -0.113. The molecule has 3 nitrogen and oxygen atoms in total.